The summed E-state index contributed by atoms with van der Waals surface area (Å²) in [6.45, 7) is 10.9. The predicted octanol–water partition coefficient (Wildman–Crippen LogP) is 0.862. The van der Waals surface area contributed by atoms with Crippen LogP contribution in [0.3, 0.4) is 0 Å². The minimum atomic E-state index is -0.197. The Morgan fingerprint density at radius 1 is 1.17 bits per heavy atom. The van der Waals surface area contributed by atoms with Gasteiger partial charge in [0.1, 0.15) is 0 Å². The van der Waals surface area contributed by atoms with Gasteiger partial charge in [-0.1, -0.05) is 0 Å². The zero-order valence-corrected chi connectivity index (χ0v) is 14.8. The third kappa shape index (κ3) is 6.47. The van der Waals surface area contributed by atoms with Gasteiger partial charge in [0.25, 0.3) is 0 Å². The molecule has 6 nitrogen and oxygen atoms in total. The molecule has 2 saturated heterocycles. The van der Waals surface area contributed by atoms with Gasteiger partial charge in [0, 0.05) is 51.4 Å². The highest BCUT2D eigenvalue weighted by Crippen LogP contribution is 2.18. The highest BCUT2D eigenvalue weighted by molar-refractivity contribution is 5.79. The van der Waals surface area contributed by atoms with Gasteiger partial charge in [-0.25, -0.2) is 0 Å². The third-order valence-corrected chi connectivity index (χ3v) is 4.32. The maximum atomic E-state index is 12.4. The van der Waals surface area contributed by atoms with Crippen LogP contribution in [0, 0.1) is 5.92 Å². The number of piperazine rings is 1. The molecule has 0 saturated carbocycles. The fourth-order valence-electron chi connectivity index (χ4n) is 3.16. The Labute approximate surface area is 139 Å². The van der Waals surface area contributed by atoms with Crippen molar-refractivity contribution in [2.45, 2.75) is 45.6 Å². The van der Waals surface area contributed by atoms with Gasteiger partial charge in [-0.2, -0.15) is 0 Å². The molecule has 0 spiro atoms. The van der Waals surface area contributed by atoms with Crippen LogP contribution in [0.1, 0.15) is 40.0 Å². The van der Waals surface area contributed by atoms with E-state index in [1.807, 2.05) is 25.7 Å². The molecule has 0 bridgehead atoms. The van der Waals surface area contributed by atoms with Crippen molar-refractivity contribution in [2.75, 3.05) is 45.9 Å². The molecule has 2 rings (SSSR count). The predicted molar refractivity (Wildman–Crippen MR) is 89.1 cm³/mol. The Morgan fingerprint density at radius 2 is 1.87 bits per heavy atom. The molecule has 2 heterocycles. The summed E-state index contributed by atoms with van der Waals surface area (Å²) in [5, 5.41) is 2.98. The van der Waals surface area contributed by atoms with E-state index in [1.165, 1.54) is 0 Å². The van der Waals surface area contributed by atoms with Gasteiger partial charge in [-0.3, -0.25) is 14.5 Å². The number of carbonyl (C=O) groups excluding carboxylic acids is 2. The molecule has 2 aliphatic heterocycles. The topological polar surface area (TPSA) is 61.9 Å². The van der Waals surface area contributed by atoms with Crippen molar-refractivity contribution in [3.8, 4) is 0 Å². The number of rotatable bonds is 4. The maximum absolute atomic E-state index is 12.4. The van der Waals surface area contributed by atoms with Crippen LogP contribution < -0.4 is 5.32 Å². The molecule has 0 aromatic carbocycles. The van der Waals surface area contributed by atoms with E-state index in [1.54, 1.807) is 0 Å². The number of nitrogens with one attached hydrogen (secondary N) is 1. The molecule has 0 radical (unpaired) electrons. The van der Waals surface area contributed by atoms with Crippen molar-refractivity contribution in [1.82, 2.24) is 15.1 Å². The second-order valence-corrected chi connectivity index (χ2v) is 7.74. The Kier molecular flexibility index (Phi) is 6.41. The molecule has 1 N–H and O–H groups in total. The van der Waals surface area contributed by atoms with Crippen LogP contribution in [0.25, 0.3) is 0 Å². The third-order valence-electron chi connectivity index (χ3n) is 4.32. The molecule has 0 aromatic rings. The van der Waals surface area contributed by atoms with E-state index in [0.29, 0.717) is 18.9 Å². The molecule has 0 unspecified atom stereocenters. The Bertz CT molecular complexity index is 406. The highest BCUT2D eigenvalue weighted by Gasteiger charge is 2.26. The van der Waals surface area contributed by atoms with E-state index >= 15 is 0 Å². The lowest BCUT2D eigenvalue weighted by Gasteiger charge is -2.35. The minimum Gasteiger partial charge on any atom is -0.381 e. The number of nitrogens with zero attached hydrogens (tertiary/aromatic N) is 2. The molecule has 2 fully saturated rings. The van der Waals surface area contributed by atoms with Crippen LogP contribution in [0.5, 0.6) is 0 Å². The second-order valence-electron chi connectivity index (χ2n) is 7.74. The molecule has 6 heteroatoms. The highest BCUT2D eigenvalue weighted by atomic mass is 16.5. The van der Waals surface area contributed by atoms with Gasteiger partial charge in [-0.15, -0.1) is 0 Å². The summed E-state index contributed by atoms with van der Waals surface area (Å²) in [6, 6.07) is 0. The number of hydrogen-bond donors (Lipinski definition) is 1. The number of amides is 2. The number of ether oxygens (including phenoxy) is 1. The molecule has 2 aliphatic rings. The lowest BCUT2D eigenvalue weighted by molar-refractivity contribution is -0.135. The molecular weight excluding hydrogens is 294 g/mol. The average molecular weight is 325 g/mol. The summed E-state index contributed by atoms with van der Waals surface area (Å²) in [6.07, 6.45) is 2.76. The summed E-state index contributed by atoms with van der Waals surface area (Å²) >= 11 is 0. The SMILES string of the molecule is CC(C)(C)NC(=O)CN1CCN(C(=O)C[C@@H]2CCCOC2)CC1. The quantitative estimate of drug-likeness (QED) is 0.833. The Balaban J connectivity index is 1.68. The molecule has 1 atom stereocenters. The molecule has 0 aromatic heterocycles. The standard InChI is InChI=1S/C17H31N3O3/c1-17(2,3)18-15(21)12-19-6-8-20(9-7-19)16(22)11-14-5-4-10-23-13-14/h14H,4-13H2,1-3H3,(H,18,21)/t14-/m0/s1. The first-order valence-electron chi connectivity index (χ1n) is 8.72. The summed E-state index contributed by atoms with van der Waals surface area (Å²) in [4.78, 5) is 28.4. The lowest BCUT2D eigenvalue weighted by Crippen LogP contribution is -2.53. The second kappa shape index (κ2) is 8.11. The Hall–Kier alpha value is -1.14. The summed E-state index contributed by atoms with van der Waals surface area (Å²) in [5.74, 6) is 0.669. The van der Waals surface area contributed by atoms with E-state index in [0.717, 1.165) is 52.2 Å². The first-order valence-corrected chi connectivity index (χ1v) is 8.72. The van der Waals surface area contributed by atoms with Crippen LogP contribution in [0.15, 0.2) is 0 Å². The molecule has 2 amide bonds. The number of carbonyl (C=O) groups is 2. The van der Waals surface area contributed by atoms with Crippen LogP contribution in [0.4, 0.5) is 0 Å². The first-order chi connectivity index (χ1) is 10.8. The molecular formula is C17H31N3O3. The monoisotopic (exact) mass is 325 g/mol. The van der Waals surface area contributed by atoms with E-state index in [-0.39, 0.29) is 17.4 Å². The molecule has 23 heavy (non-hydrogen) atoms. The van der Waals surface area contributed by atoms with E-state index in [2.05, 4.69) is 10.2 Å². The maximum Gasteiger partial charge on any atom is 0.234 e. The van der Waals surface area contributed by atoms with E-state index < -0.39 is 0 Å². The van der Waals surface area contributed by atoms with Crippen LogP contribution >= 0.6 is 0 Å². The van der Waals surface area contributed by atoms with Gasteiger partial charge in [0.15, 0.2) is 0 Å². The van der Waals surface area contributed by atoms with Crippen molar-refractivity contribution in [1.29, 1.82) is 0 Å². The van der Waals surface area contributed by atoms with Gasteiger partial charge in [0.05, 0.1) is 6.54 Å². The Morgan fingerprint density at radius 3 is 2.43 bits per heavy atom. The lowest BCUT2D eigenvalue weighted by atomic mass is 9.98. The first kappa shape index (κ1) is 18.2. The van der Waals surface area contributed by atoms with Crippen molar-refractivity contribution >= 4 is 11.8 Å². The van der Waals surface area contributed by atoms with Crippen molar-refractivity contribution in [2.24, 2.45) is 5.92 Å². The molecule has 0 aliphatic carbocycles. The van der Waals surface area contributed by atoms with E-state index in [9.17, 15) is 9.59 Å². The zero-order chi connectivity index (χ0) is 16.9. The van der Waals surface area contributed by atoms with Gasteiger partial charge in [0.2, 0.25) is 11.8 Å². The van der Waals surface area contributed by atoms with Gasteiger partial charge >= 0.3 is 0 Å². The fourth-order valence-corrected chi connectivity index (χ4v) is 3.16. The van der Waals surface area contributed by atoms with Gasteiger partial charge in [-0.05, 0) is 39.5 Å². The zero-order valence-electron chi connectivity index (χ0n) is 14.8. The summed E-state index contributed by atoms with van der Waals surface area (Å²) in [7, 11) is 0. The fraction of sp³-hybridized carbons (Fsp3) is 0.882. The van der Waals surface area contributed by atoms with Crippen LogP contribution in [-0.2, 0) is 14.3 Å². The average Bonchev–Trinajstić information content (AvgIpc) is 2.47. The van der Waals surface area contributed by atoms with Crippen molar-refractivity contribution in [3.63, 3.8) is 0 Å². The largest absolute Gasteiger partial charge is 0.381 e. The van der Waals surface area contributed by atoms with Crippen LogP contribution in [-0.4, -0.2) is 73.1 Å². The summed E-state index contributed by atoms with van der Waals surface area (Å²) in [5.41, 5.74) is -0.197. The summed E-state index contributed by atoms with van der Waals surface area (Å²) < 4.78 is 5.45. The van der Waals surface area contributed by atoms with Crippen LogP contribution in [0.2, 0.25) is 0 Å². The van der Waals surface area contributed by atoms with Gasteiger partial charge < -0.3 is 15.0 Å². The minimum absolute atomic E-state index is 0.0524. The smallest absolute Gasteiger partial charge is 0.234 e. The van der Waals surface area contributed by atoms with E-state index in [4.69, 9.17) is 4.74 Å². The number of hydrogen-bond acceptors (Lipinski definition) is 4. The van der Waals surface area contributed by atoms with Crippen molar-refractivity contribution < 1.29 is 14.3 Å². The normalized spacial score (nSPS) is 23.6. The van der Waals surface area contributed by atoms with Crippen molar-refractivity contribution in [3.05, 3.63) is 0 Å². The molecule has 132 valence electrons.